The van der Waals surface area contributed by atoms with Crippen molar-refractivity contribution in [2.75, 3.05) is 4.72 Å². The minimum atomic E-state index is -4.35. The first-order valence-corrected chi connectivity index (χ1v) is 8.19. The summed E-state index contributed by atoms with van der Waals surface area (Å²) in [6.45, 7) is 0. The van der Waals surface area contributed by atoms with E-state index in [4.69, 9.17) is 0 Å². The standard InChI is InChI=1S/C12H7F2IN2O4S/c13-7-1-3-9(14)12(5-7)22(20,21)16-8-2-4-11(17(18)19)10(15)6-8/h1-6,16H. The van der Waals surface area contributed by atoms with Gasteiger partial charge in [0.1, 0.15) is 16.5 Å². The van der Waals surface area contributed by atoms with Gasteiger partial charge in [-0.1, -0.05) is 0 Å². The van der Waals surface area contributed by atoms with Crippen LogP contribution in [0.4, 0.5) is 20.2 Å². The Labute approximate surface area is 137 Å². The number of rotatable bonds is 4. The number of halogens is 3. The normalized spacial score (nSPS) is 11.2. The SMILES string of the molecule is O=[N+]([O-])c1ccc(NS(=O)(=O)c2cc(F)ccc2F)cc1I. The highest BCUT2D eigenvalue weighted by molar-refractivity contribution is 14.1. The van der Waals surface area contributed by atoms with Gasteiger partial charge in [-0.3, -0.25) is 14.8 Å². The summed E-state index contributed by atoms with van der Waals surface area (Å²) < 4.78 is 53.0. The summed E-state index contributed by atoms with van der Waals surface area (Å²) >= 11 is 1.67. The molecule has 2 aromatic carbocycles. The molecule has 0 saturated carbocycles. The molecule has 0 spiro atoms. The van der Waals surface area contributed by atoms with Crippen LogP contribution in [0.3, 0.4) is 0 Å². The zero-order valence-corrected chi connectivity index (χ0v) is 13.6. The summed E-state index contributed by atoms with van der Waals surface area (Å²) in [4.78, 5) is 9.23. The van der Waals surface area contributed by atoms with Gasteiger partial charge >= 0.3 is 0 Å². The second-order valence-corrected chi connectivity index (χ2v) is 6.92. The van der Waals surface area contributed by atoms with Gasteiger partial charge in [-0.15, -0.1) is 0 Å². The van der Waals surface area contributed by atoms with Crippen molar-refractivity contribution in [2.24, 2.45) is 0 Å². The van der Waals surface area contributed by atoms with Gasteiger partial charge in [0, 0.05) is 6.07 Å². The van der Waals surface area contributed by atoms with Crippen LogP contribution in [0.2, 0.25) is 0 Å². The molecule has 2 aromatic rings. The van der Waals surface area contributed by atoms with Gasteiger partial charge in [-0.2, -0.15) is 0 Å². The van der Waals surface area contributed by atoms with Crippen LogP contribution in [-0.4, -0.2) is 13.3 Å². The molecule has 0 aromatic heterocycles. The summed E-state index contributed by atoms with van der Waals surface area (Å²) in [5, 5.41) is 10.7. The molecule has 6 nitrogen and oxygen atoms in total. The van der Waals surface area contributed by atoms with Crippen LogP contribution in [0.15, 0.2) is 41.3 Å². The third-order valence-electron chi connectivity index (χ3n) is 2.58. The number of nitro groups is 1. The predicted molar refractivity (Wildman–Crippen MR) is 83.0 cm³/mol. The van der Waals surface area contributed by atoms with Crippen LogP contribution in [0.25, 0.3) is 0 Å². The average molecular weight is 440 g/mol. The van der Waals surface area contributed by atoms with E-state index >= 15 is 0 Å². The quantitative estimate of drug-likeness (QED) is 0.449. The van der Waals surface area contributed by atoms with Crippen molar-refractivity contribution in [2.45, 2.75) is 4.90 Å². The summed E-state index contributed by atoms with van der Waals surface area (Å²) in [5.41, 5.74) is -0.195. The van der Waals surface area contributed by atoms with E-state index < -0.39 is 31.5 Å². The zero-order chi connectivity index (χ0) is 16.5. The van der Waals surface area contributed by atoms with E-state index in [1.54, 1.807) is 22.6 Å². The molecular formula is C12H7F2IN2O4S. The van der Waals surface area contributed by atoms with Gasteiger partial charge in [0.15, 0.2) is 0 Å². The fraction of sp³-hybridized carbons (Fsp3) is 0. The molecule has 1 N–H and O–H groups in total. The summed E-state index contributed by atoms with van der Waals surface area (Å²) in [7, 11) is -4.35. The molecule has 0 aliphatic carbocycles. The number of nitro benzene ring substituents is 1. The second-order valence-electron chi connectivity index (χ2n) is 4.10. The van der Waals surface area contributed by atoms with Gasteiger partial charge in [-0.25, -0.2) is 17.2 Å². The lowest BCUT2D eigenvalue weighted by molar-refractivity contribution is -0.385. The number of hydrogen-bond acceptors (Lipinski definition) is 4. The lowest BCUT2D eigenvalue weighted by Crippen LogP contribution is -2.15. The Morgan fingerprint density at radius 2 is 1.82 bits per heavy atom. The molecular weight excluding hydrogens is 433 g/mol. The summed E-state index contributed by atoms with van der Waals surface area (Å²) in [5.74, 6) is -2.01. The molecule has 0 atom stereocenters. The van der Waals surface area contributed by atoms with E-state index in [-0.39, 0.29) is 14.9 Å². The van der Waals surface area contributed by atoms with Crippen LogP contribution < -0.4 is 4.72 Å². The maximum absolute atomic E-state index is 13.5. The van der Waals surface area contributed by atoms with Crippen molar-refractivity contribution >= 4 is 44.0 Å². The monoisotopic (exact) mass is 440 g/mol. The molecule has 0 aliphatic rings. The Bertz CT molecular complexity index is 858. The molecule has 0 saturated heterocycles. The van der Waals surface area contributed by atoms with Crippen LogP contribution in [0, 0.1) is 25.3 Å². The molecule has 2 rings (SSSR count). The van der Waals surface area contributed by atoms with Crippen molar-refractivity contribution in [3.63, 3.8) is 0 Å². The lowest BCUT2D eigenvalue weighted by Gasteiger charge is -2.09. The predicted octanol–water partition coefficient (Wildman–Crippen LogP) is 3.28. The molecule has 22 heavy (non-hydrogen) atoms. The minimum absolute atomic E-state index is 0.00124. The van der Waals surface area contributed by atoms with Crippen molar-refractivity contribution in [3.8, 4) is 0 Å². The van der Waals surface area contributed by atoms with Gasteiger partial charge in [0.2, 0.25) is 0 Å². The first-order chi connectivity index (χ1) is 10.2. The Hall–Kier alpha value is -1.82. The topological polar surface area (TPSA) is 89.3 Å². The Morgan fingerprint density at radius 3 is 2.41 bits per heavy atom. The number of nitrogens with zero attached hydrogens (tertiary/aromatic N) is 1. The second kappa shape index (κ2) is 6.12. The van der Waals surface area contributed by atoms with Gasteiger partial charge in [0.05, 0.1) is 14.2 Å². The van der Waals surface area contributed by atoms with Crippen molar-refractivity contribution in [3.05, 3.63) is 61.7 Å². The van der Waals surface area contributed by atoms with Crippen LogP contribution in [0.5, 0.6) is 0 Å². The summed E-state index contributed by atoms with van der Waals surface area (Å²) in [6.07, 6.45) is 0. The van der Waals surface area contributed by atoms with Crippen LogP contribution >= 0.6 is 22.6 Å². The molecule has 0 amide bonds. The van der Waals surface area contributed by atoms with E-state index in [2.05, 4.69) is 0 Å². The molecule has 0 heterocycles. The number of hydrogen-bond donors (Lipinski definition) is 1. The number of benzene rings is 2. The van der Waals surface area contributed by atoms with E-state index in [9.17, 15) is 27.3 Å². The fourth-order valence-corrected chi connectivity index (χ4v) is 3.46. The minimum Gasteiger partial charge on any atom is -0.279 e. The summed E-state index contributed by atoms with van der Waals surface area (Å²) in [6, 6.07) is 5.53. The Balaban J connectivity index is 2.39. The maximum atomic E-state index is 13.5. The highest BCUT2D eigenvalue weighted by Gasteiger charge is 2.21. The van der Waals surface area contributed by atoms with E-state index in [1.165, 1.54) is 6.07 Å². The molecule has 0 radical (unpaired) electrons. The van der Waals surface area contributed by atoms with E-state index in [0.29, 0.717) is 12.1 Å². The third kappa shape index (κ3) is 3.50. The molecule has 0 aliphatic heterocycles. The van der Waals surface area contributed by atoms with Gasteiger partial charge in [0.25, 0.3) is 15.7 Å². The maximum Gasteiger partial charge on any atom is 0.282 e. The van der Waals surface area contributed by atoms with Crippen LogP contribution in [0.1, 0.15) is 0 Å². The van der Waals surface area contributed by atoms with E-state index in [0.717, 1.165) is 18.2 Å². The van der Waals surface area contributed by atoms with Crippen molar-refractivity contribution in [1.82, 2.24) is 0 Å². The highest BCUT2D eigenvalue weighted by Crippen LogP contribution is 2.26. The molecule has 0 bridgehead atoms. The molecule has 10 heteroatoms. The van der Waals surface area contributed by atoms with Gasteiger partial charge in [-0.05, 0) is 52.9 Å². The average Bonchev–Trinajstić information content (AvgIpc) is 2.40. The molecule has 116 valence electrons. The van der Waals surface area contributed by atoms with Gasteiger partial charge < -0.3 is 0 Å². The highest BCUT2D eigenvalue weighted by atomic mass is 127. The Morgan fingerprint density at radius 1 is 1.14 bits per heavy atom. The van der Waals surface area contributed by atoms with E-state index in [1.807, 2.05) is 4.72 Å². The largest absolute Gasteiger partial charge is 0.282 e. The number of sulfonamides is 1. The lowest BCUT2D eigenvalue weighted by atomic mass is 10.3. The van der Waals surface area contributed by atoms with Crippen LogP contribution in [-0.2, 0) is 10.0 Å². The zero-order valence-electron chi connectivity index (χ0n) is 10.6. The first-order valence-electron chi connectivity index (χ1n) is 5.62. The molecule has 0 fully saturated rings. The fourth-order valence-electron chi connectivity index (χ4n) is 1.61. The van der Waals surface area contributed by atoms with Crippen molar-refractivity contribution < 1.29 is 22.1 Å². The third-order valence-corrected chi connectivity index (χ3v) is 4.84. The number of anilines is 1. The molecule has 0 unspecified atom stereocenters. The smallest absolute Gasteiger partial charge is 0.279 e. The van der Waals surface area contributed by atoms with Crippen molar-refractivity contribution in [1.29, 1.82) is 0 Å². The Kier molecular flexibility index (Phi) is 4.60. The number of nitrogens with one attached hydrogen (secondary N) is 1. The first kappa shape index (κ1) is 16.5.